The molecule has 0 spiro atoms. The Balaban J connectivity index is 3.46. The van der Waals surface area contributed by atoms with Crippen molar-refractivity contribution in [2.75, 3.05) is 13.2 Å². The fourth-order valence-corrected chi connectivity index (χ4v) is 0.343. The van der Waals surface area contributed by atoms with Gasteiger partial charge < -0.3 is 9.84 Å². The number of esters is 1. The molecule has 10 heavy (non-hydrogen) atoms. The van der Waals surface area contributed by atoms with E-state index in [1.807, 2.05) is 20.8 Å². The van der Waals surface area contributed by atoms with E-state index in [1.165, 1.54) is 0 Å². The highest BCUT2D eigenvalue weighted by Gasteiger charge is 2.12. The molecular weight excluding hydrogens is 132 g/mol. The zero-order valence-electron chi connectivity index (χ0n) is 6.68. The van der Waals surface area contributed by atoms with Gasteiger partial charge in [-0.25, -0.2) is 4.79 Å². The molecule has 0 fully saturated rings. The zero-order valence-corrected chi connectivity index (χ0v) is 6.68. The Hall–Kier alpha value is -0.570. The molecule has 60 valence electrons. The van der Waals surface area contributed by atoms with Crippen LogP contribution < -0.4 is 0 Å². The van der Waals surface area contributed by atoms with Crippen molar-refractivity contribution in [2.45, 2.75) is 20.8 Å². The van der Waals surface area contributed by atoms with Gasteiger partial charge in [-0.1, -0.05) is 20.8 Å². The lowest BCUT2D eigenvalue weighted by molar-refractivity contribution is -0.149. The Kier molecular flexibility index (Phi) is 3.36. The predicted octanol–water partition coefficient (Wildman–Crippen LogP) is 0.568. The van der Waals surface area contributed by atoms with Crippen molar-refractivity contribution in [3.8, 4) is 0 Å². The average Bonchev–Trinajstić information content (AvgIpc) is 1.81. The van der Waals surface area contributed by atoms with E-state index in [2.05, 4.69) is 4.74 Å². The van der Waals surface area contributed by atoms with Gasteiger partial charge in [0.25, 0.3) is 0 Å². The van der Waals surface area contributed by atoms with E-state index in [0.717, 1.165) is 0 Å². The van der Waals surface area contributed by atoms with E-state index in [9.17, 15) is 4.79 Å². The van der Waals surface area contributed by atoms with E-state index in [4.69, 9.17) is 5.11 Å². The Labute approximate surface area is 61.0 Å². The summed E-state index contributed by atoms with van der Waals surface area (Å²) in [7, 11) is 0. The maximum Gasteiger partial charge on any atom is 0.331 e. The Morgan fingerprint density at radius 3 is 2.30 bits per heavy atom. The molecule has 3 nitrogen and oxygen atoms in total. The molecule has 0 aliphatic heterocycles. The third-order valence-corrected chi connectivity index (χ3v) is 0.795. The highest BCUT2D eigenvalue weighted by molar-refractivity contribution is 5.70. The maximum atomic E-state index is 10.4. The number of hydrogen-bond donors (Lipinski definition) is 1. The van der Waals surface area contributed by atoms with Crippen LogP contribution in [0.2, 0.25) is 0 Å². The molecule has 0 saturated heterocycles. The van der Waals surface area contributed by atoms with Gasteiger partial charge in [0.2, 0.25) is 0 Å². The summed E-state index contributed by atoms with van der Waals surface area (Å²) in [5, 5.41) is 8.26. The smallest absolute Gasteiger partial charge is 0.331 e. The number of rotatable bonds is 2. The van der Waals surface area contributed by atoms with Crippen LogP contribution in [-0.2, 0) is 9.53 Å². The molecule has 0 aromatic rings. The second-order valence-corrected chi connectivity index (χ2v) is 3.38. The number of aliphatic hydroxyl groups is 1. The van der Waals surface area contributed by atoms with Crippen LogP contribution >= 0.6 is 0 Å². The maximum absolute atomic E-state index is 10.4. The summed E-state index contributed by atoms with van der Waals surface area (Å²) in [5.74, 6) is -0.560. The van der Waals surface area contributed by atoms with Crippen LogP contribution in [0, 0.1) is 5.41 Å². The van der Waals surface area contributed by atoms with E-state index in [-0.39, 0.29) is 5.41 Å². The van der Waals surface area contributed by atoms with Crippen LogP contribution in [0.1, 0.15) is 20.8 Å². The second kappa shape index (κ2) is 3.56. The molecule has 0 atom stereocenters. The fraction of sp³-hybridized carbons (Fsp3) is 0.857. The second-order valence-electron chi connectivity index (χ2n) is 3.38. The molecule has 0 aliphatic carbocycles. The summed E-state index contributed by atoms with van der Waals surface area (Å²) in [6.45, 7) is 5.69. The average molecular weight is 146 g/mol. The SMILES string of the molecule is CC(C)(C)COC(=O)CO. The van der Waals surface area contributed by atoms with Gasteiger partial charge in [-0.15, -0.1) is 0 Å². The predicted molar refractivity (Wildman–Crippen MR) is 37.5 cm³/mol. The fourth-order valence-electron chi connectivity index (χ4n) is 0.343. The molecule has 1 N–H and O–H groups in total. The molecule has 0 amide bonds. The summed E-state index contributed by atoms with van der Waals surface area (Å²) in [6.07, 6.45) is 0. The lowest BCUT2D eigenvalue weighted by Crippen LogP contribution is -2.19. The lowest BCUT2D eigenvalue weighted by Gasteiger charge is -2.16. The van der Waals surface area contributed by atoms with Gasteiger partial charge in [-0.2, -0.15) is 0 Å². The van der Waals surface area contributed by atoms with Crippen molar-refractivity contribution >= 4 is 5.97 Å². The topological polar surface area (TPSA) is 46.5 Å². The largest absolute Gasteiger partial charge is 0.463 e. The standard InChI is InChI=1S/C7H14O3/c1-7(2,3)5-10-6(9)4-8/h8H,4-5H2,1-3H3. The van der Waals surface area contributed by atoms with Gasteiger partial charge in [-0.3, -0.25) is 0 Å². The third-order valence-electron chi connectivity index (χ3n) is 0.795. The van der Waals surface area contributed by atoms with Crippen LogP contribution in [0.4, 0.5) is 0 Å². The number of carbonyl (C=O) groups excluding carboxylic acids is 1. The van der Waals surface area contributed by atoms with Crippen LogP contribution in [0.5, 0.6) is 0 Å². The van der Waals surface area contributed by atoms with Crippen LogP contribution in [-0.4, -0.2) is 24.3 Å². The number of ether oxygens (including phenoxy) is 1. The van der Waals surface area contributed by atoms with Crippen molar-refractivity contribution in [2.24, 2.45) is 5.41 Å². The first-order valence-electron chi connectivity index (χ1n) is 3.22. The van der Waals surface area contributed by atoms with Gasteiger partial charge in [0.15, 0.2) is 0 Å². The van der Waals surface area contributed by atoms with Gasteiger partial charge in [-0.05, 0) is 5.41 Å². The van der Waals surface area contributed by atoms with E-state index >= 15 is 0 Å². The monoisotopic (exact) mass is 146 g/mol. The Morgan fingerprint density at radius 2 is 2.00 bits per heavy atom. The summed E-state index contributed by atoms with van der Waals surface area (Å²) < 4.78 is 4.67. The van der Waals surface area contributed by atoms with Gasteiger partial charge in [0.05, 0.1) is 6.61 Å². The molecule has 0 saturated carbocycles. The third kappa shape index (κ3) is 5.56. The summed E-state index contributed by atoms with van der Waals surface area (Å²) >= 11 is 0. The molecule has 0 bridgehead atoms. The first kappa shape index (κ1) is 9.43. The molecule has 0 aliphatic rings. The van der Waals surface area contributed by atoms with Gasteiger partial charge in [0, 0.05) is 0 Å². The van der Waals surface area contributed by atoms with Crippen molar-refractivity contribution in [3.63, 3.8) is 0 Å². The summed E-state index contributed by atoms with van der Waals surface area (Å²) in [5.41, 5.74) is -0.0230. The first-order valence-corrected chi connectivity index (χ1v) is 3.22. The van der Waals surface area contributed by atoms with E-state index < -0.39 is 12.6 Å². The van der Waals surface area contributed by atoms with Gasteiger partial charge in [0.1, 0.15) is 6.61 Å². The first-order chi connectivity index (χ1) is 4.45. The van der Waals surface area contributed by atoms with Crippen LogP contribution in [0.3, 0.4) is 0 Å². The highest BCUT2D eigenvalue weighted by atomic mass is 16.5. The number of hydrogen-bond acceptors (Lipinski definition) is 3. The molecule has 0 radical (unpaired) electrons. The van der Waals surface area contributed by atoms with Crippen molar-refractivity contribution in [1.29, 1.82) is 0 Å². The molecule has 0 aromatic carbocycles. The molecule has 0 rings (SSSR count). The van der Waals surface area contributed by atoms with E-state index in [1.54, 1.807) is 0 Å². The summed E-state index contributed by atoms with van der Waals surface area (Å²) in [4.78, 5) is 10.4. The molecule has 0 aromatic heterocycles. The molecule has 0 unspecified atom stereocenters. The van der Waals surface area contributed by atoms with Crippen LogP contribution in [0.15, 0.2) is 0 Å². The van der Waals surface area contributed by atoms with E-state index in [0.29, 0.717) is 6.61 Å². The van der Waals surface area contributed by atoms with Crippen molar-refractivity contribution < 1.29 is 14.6 Å². The van der Waals surface area contributed by atoms with Gasteiger partial charge >= 0.3 is 5.97 Å². The zero-order chi connectivity index (χ0) is 8.20. The quantitative estimate of drug-likeness (QED) is 0.579. The normalized spacial score (nSPS) is 11.2. The van der Waals surface area contributed by atoms with Crippen molar-refractivity contribution in [1.82, 2.24) is 0 Å². The lowest BCUT2D eigenvalue weighted by atomic mass is 9.99. The molecule has 0 heterocycles. The Bertz CT molecular complexity index is 113. The molecule has 3 heteroatoms. The number of carbonyl (C=O) groups is 1. The number of aliphatic hydroxyl groups excluding tert-OH is 1. The minimum Gasteiger partial charge on any atom is -0.463 e. The summed E-state index contributed by atoms with van der Waals surface area (Å²) in [6, 6.07) is 0. The Morgan fingerprint density at radius 1 is 1.50 bits per heavy atom. The minimum absolute atomic E-state index is 0.0230. The van der Waals surface area contributed by atoms with Crippen molar-refractivity contribution in [3.05, 3.63) is 0 Å². The minimum atomic E-state index is -0.560. The highest BCUT2D eigenvalue weighted by Crippen LogP contribution is 2.12. The van der Waals surface area contributed by atoms with Crippen LogP contribution in [0.25, 0.3) is 0 Å². The molecular formula is C7H14O3.